The molecule has 1 saturated heterocycles. The van der Waals surface area contributed by atoms with E-state index >= 15 is 0 Å². The van der Waals surface area contributed by atoms with E-state index in [1.807, 2.05) is 92.0 Å². The molecule has 0 aliphatic carbocycles. The van der Waals surface area contributed by atoms with E-state index in [1.165, 1.54) is 25.9 Å². The largest absolute Gasteiger partial charge is 0.492 e. The average Bonchev–Trinajstić information content (AvgIpc) is 3.57. The summed E-state index contributed by atoms with van der Waals surface area (Å²) in [6.07, 6.45) is 2.14. The molecule has 5 rings (SSSR count). The second-order valence-corrected chi connectivity index (χ2v) is 10.7. The predicted molar refractivity (Wildman–Crippen MR) is 152 cm³/mol. The summed E-state index contributed by atoms with van der Waals surface area (Å²) in [5.41, 5.74) is 3.90. The maximum atomic E-state index is 12.1. The van der Waals surface area contributed by atoms with Gasteiger partial charge < -0.3 is 20.1 Å². The van der Waals surface area contributed by atoms with E-state index in [9.17, 15) is 4.79 Å². The SMILES string of the molecule is CC(C)(C)OC(=O)NCc1cccc(-c2cccc3nc(Nc4ccc(OCCN5CCCC5)cc4)nn23)c1. The molecule has 204 valence electrons. The first-order valence-corrected chi connectivity index (χ1v) is 13.5. The number of rotatable bonds is 9. The lowest BCUT2D eigenvalue weighted by molar-refractivity contribution is 0.0523. The van der Waals surface area contributed by atoms with Crippen molar-refractivity contribution in [3.63, 3.8) is 0 Å². The van der Waals surface area contributed by atoms with Gasteiger partial charge in [-0.1, -0.05) is 24.3 Å². The van der Waals surface area contributed by atoms with Crippen LogP contribution < -0.4 is 15.4 Å². The van der Waals surface area contributed by atoms with Crippen molar-refractivity contribution in [2.24, 2.45) is 0 Å². The maximum Gasteiger partial charge on any atom is 0.407 e. The van der Waals surface area contributed by atoms with Gasteiger partial charge in [-0.25, -0.2) is 9.31 Å². The van der Waals surface area contributed by atoms with Crippen LogP contribution in [-0.4, -0.2) is 57.4 Å². The molecule has 2 N–H and O–H groups in total. The monoisotopic (exact) mass is 528 g/mol. The Hall–Kier alpha value is -4.11. The molecule has 1 amide bonds. The van der Waals surface area contributed by atoms with Crippen LogP contribution in [0.25, 0.3) is 16.9 Å². The van der Waals surface area contributed by atoms with Crippen molar-refractivity contribution < 1.29 is 14.3 Å². The molecule has 3 heterocycles. The molecule has 1 aliphatic rings. The quantitative estimate of drug-likeness (QED) is 0.290. The number of nitrogens with zero attached hydrogens (tertiary/aromatic N) is 4. The number of amides is 1. The number of nitrogens with one attached hydrogen (secondary N) is 2. The highest BCUT2D eigenvalue weighted by Crippen LogP contribution is 2.24. The highest BCUT2D eigenvalue weighted by Gasteiger charge is 2.16. The maximum absolute atomic E-state index is 12.1. The van der Waals surface area contributed by atoms with E-state index in [0.29, 0.717) is 19.1 Å². The molecule has 0 spiro atoms. The van der Waals surface area contributed by atoms with Crippen LogP contribution in [-0.2, 0) is 11.3 Å². The summed E-state index contributed by atoms with van der Waals surface area (Å²) in [5, 5.41) is 10.8. The van der Waals surface area contributed by atoms with Gasteiger partial charge in [-0.15, -0.1) is 5.10 Å². The van der Waals surface area contributed by atoms with Crippen molar-refractivity contribution in [1.29, 1.82) is 0 Å². The number of carbonyl (C=O) groups excluding carboxylic acids is 1. The van der Waals surface area contributed by atoms with E-state index in [-0.39, 0.29) is 0 Å². The summed E-state index contributed by atoms with van der Waals surface area (Å²) in [4.78, 5) is 19.2. The molecule has 4 aromatic rings. The molecule has 1 fully saturated rings. The summed E-state index contributed by atoms with van der Waals surface area (Å²) >= 11 is 0. The Kier molecular flexibility index (Phi) is 7.97. The Morgan fingerprint density at radius 2 is 1.77 bits per heavy atom. The molecule has 9 heteroatoms. The van der Waals surface area contributed by atoms with Gasteiger partial charge in [-0.05, 0) is 94.7 Å². The number of hydrogen-bond donors (Lipinski definition) is 2. The number of carbonyl (C=O) groups is 1. The molecule has 0 saturated carbocycles. The van der Waals surface area contributed by atoms with Crippen LogP contribution in [0.3, 0.4) is 0 Å². The van der Waals surface area contributed by atoms with Crippen LogP contribution >= 0.6 is 0 Å². The highest BCUT2D eigenvalue weighted by molar-refractivity contribution is 5.68. The Balaban J connectivity index is 1.23. The average molecular weight is 529 g/mol. The fourth-order valence-corrected chi connectivity index (χ4v) is 4.57. The summed E-state index contributed by atoms with van der Waals surface area (Å²) < 4.78 is 13.1. The fraction of sp³-hybridized carbons (Fsp3) is 0.367. The molecule has 0 radical (unpaired) electrons. The first-order chi connectivity index (χ1) is 18.8. The van der Waals surface area contributed by atoms with Crippen molar-refractivity contribution in [3.8, 4) is 17.0 Å². The first-order valence-electron chi connectivity index (χ1n) is 13.5. The summed E-state index contributed by atoms with van der Waals surface area (Å²) in [5.74, 6) is 1.36. The number of fused-ring (bicyclic) bond motifs is 1. The lowest BCUT2D eigenvalue weighted by atomic mass is 10.1. The number of hydrogen-bond acceptors (Lipinski definition) is 7. The third-order valence-corrected chi connectivity index (χ3v) is 6.40. The van der Waals surface area contributed by atoms with Gasteiger partial charge in [-0.2, -0.15) is 4.98 Å². The van der Waals surface area contributed by atoms with Crippen LogP contribution in [0, 0.1) is 0 Å². The van der Waals surface area contributed by atoms with Crippen molar-refractivity contribution in [2.45, 2.75) is 45.8 Å². The van der Waals surface area contributed by atoms with Gasteiger partial charge in [0.2, 0.25) is 5.95 Å². The zero-order valence-electron chi connectivity index (χ0n) is 22.8. The number of pyridine rings is 1. The summed E-state index contributed by atoms with van der Waals surface area (Å²) in [6.45, 7) is 9.91. The predicted octanol–water partition coefficient (Wildman–Crippen LogP) is 5.64. The smallest absolute Gasteiger partial charge is 0.407 e. The van der Waals surface area contributed by atoms with E-state index < -0.39 is 11.7 Å². The second kappa shape index (κ2) is 11.7. The highest BCUT2D eigenvalue weighted by atomic mass is 16.6. The molecular weight excluding hydrogens is 492 g/mol. The van der Waals surface area contributed by atoms with Crippen LogP contribution in [0.2, 0.25) is 0 Å². The van der Waals surface area contributed by atoms with Crippen molar-refractivity contribution >= 4 is 23.4 Å². The minimum Gasteiger partial charge on any atom is -0.492 e. The van der Waals surface area contributed by atoms with E-state index in [1.54, 1.807) is 0 Å². The summed E-state index contributed by atoms with van der Waals surface area (Å²) in [7, 11) is 0. The number of likely N-dealkylation sites (tertiary alicyclic amines) is 1. The molecule has 1 aliphatic heterocycles. The molecule has 2 aromatic heterocycles. The Morgan fingerprint density at radius 3 is 2.54 bits per heavy atom. The van der Waals surface area contributed by atoms with Crippen LogP contribution in [0.5, 0.6) is 5.75 Å². The minimum atomic E-state index is -0.538. The van der Waals surface area contributed by atoms with Gasteiger partial charge in [0, 0.05) is 24.3 Å². The number of benzene rings is 2. The zero-order valence-corrected chi connectivity index (χ0v) is 22.8. The molecule has 2 aromatic carbocycles. The van der Waals surface area contributed by atoms with Gasteiger partial charge in [0.05, 0.1) is 5.69 Å². The molecule has 0 unspecified atom stereocenters. The normalized spacial score (nSPS) is 13.9. The Morgan fingerprint density at radius 1 is 1.00 bits per heavy atom. The van der Waals surface area contributed by atoms with Crippen LogP contribution in [0.1, 0.15) is 39.2 Å². The first kappa shape index (κ1) is 26.5. The van der Waals surface area contributed by atoms with Gasteiger partial charge in [0.1, 0.15) is 18.0 Å². The van der Waals surface area contributed by atoms with Crippen molar-refractivity contribution in [3.05, 3.63) is 72.3 Å². The standard InChI is InChI=1S/C30H36N6O3/c1-30(2,3)39-29(37)31-21-22-8-6-9-23(20-22)26-10-7-11-27-33-28(34-36(26)27)32-24-12-14-25(15-13-24)38-19-18-35-16-4-5-17-35/h6-15,20H,4-5,16-19,21H2,1-3H3,(H,31,37)(H,32,34). The van der Waals surface area contributed by atoms with Crippen molar-refractivity contribution in [2.75, 3.05) is 31.6 Å². The number of alkyl carbamates (subject to hydrolysis) is 1. The molecule has 0 atom stereocenters. The van der Waals surface area contributed by atoms with E-state index in [0.717, 1.165) is 40.4 Å². The number of anilines is 2. The Labute approximate surface area is 229 Å². The molecule has 0 bridgehead atoms. The van der Waals surface area contributed by atoms with Crippen LogP contribution in [0.4, 0.5) is 16.4 Å². The molecular formula is C30H36N6O3. The zero-order chi connectivity index (χ0) is 27.2. The lowest BCUT2D eigenvalue weighted by Gasteiger charge is -2.19. The molecule has 9 nitrogen and oxygen atoms in total. The van der Waals surface area contributed by atoms with Gasteiger partial charge >= 0.3 is 6.09 Å². The molecule has 39 heavy (non-hydrogen) atoms. The Bertz CT molecular complexity index is 1400. The second-order valence-electron chi connectivity index (χ2n) is 10.7. The third kappa shape index (κ3) is 7.26. The number of ether oxygens (including phenoxy) is 2. The van der Waals surface area contributed by atoms with Crippen molar-refractivity contribution in [1.82, 2.24) is 24.8 Å². The number of aromatic nitrogens is 3. The topological polar surface area (TPSA) is 93.0 Å². The van der Waals surface area contributed by atoms with Gasteiger partial charge in [-0.3, -0.25) is 4.90 Å². The van der Waals surface area contributed by atoms with E-state index in [4.69, 9.17) is 14.6 Å². The van der Waals surface area contributed by atoms with Gasteiger partial charge in [0.15, 0.2) is 5.65 Å². The lowest BCUT2D eigenvalue weighted by Crippen LogP contribution is -2.32. The van der Waals surface area contributed by atoms with Crippen LogP contribution in [0.15, 0.2) is 66.7 Å². The third-order valence-electron chi connectivity index (χ3n) is 6.40. The minimum absolute atomic E-state index is 0.362. The van der Waals surface area contributed by atoms with E-state index in [2.05, 4.69) is 20.5 Å². The fourth-order valence-electron chi connectivity index (χ4n) is 4.57. The van der Waals surface area contributed by atoms with Gasteiger partial charge in [0.25, 0.3) is 0 Å². The summed E-state index contributed by atoms with van der Waals surface area (Å²) in [6, 6.07) is 21.7.